The van der Waals surface area contributed by atoms with Crippen molar-refractivity contribution < 1.29 is 24.2 Å². The second-order valence-electron chi connectivity index (χ2n) is 6.92. The van der Waals surface area contributed by atoms with Gasteiger partial charge in [0.1, 0.15) is 5.75 Å². The molecule has 2 heterocycles. The van der Waals surface area contributed by atoms with Crippen molar-refractivity contribution in [3.8, 4) is 5.75 Å². The normalized spacial score (nSPS) is 18.1. The molecule has 1 unspecified atom stereocenters. The van der Waals surface area contributed by atoms with Gasteiger partial charge in [0.2, 0.25) is 5.91 Å². The fraction of sp³-hybridized carbons (Fsp3) is 0.286. The van der Waals surface area contributed by atoms with E-state index in [0.717, 1.165) is 11.1 Å². The molecule has 2 aromatic rings. The summed E-state index contributed by atoms with van der Waals surface area (Å²) in [6.07, 6.45) is 0.120. The van der Waals surface area contributed by atoms with Gasteiger partial charge in [-0.1, -0.05) is 36.4 Å². The number of para-hydroxylation sites is 2. The topological polar surface area (TPSA) is 87.2 Å². The Bertz CT molecular complexity index is 942. The Morgan fingerprint density at radius 1 is 1.11 bits per heavy atom. The first-order valence-electron chi connectivity index (χ1n) is 9.15. The highest BCUT2D eigenvalue weighted by Gasteiger charge is 2.33. The van der Waals surface area contributed by atoms with Crippen molar-refractivity contribution in [2.24, 2.45) is 0 Å². The van der Waals surface area contributed by atoms with Crippen molar-refractivity contribution in [1.82, 2.24) is 4.90 Å². The van der Waals surface area contributed by atoms with Gasteiger partial charge in [-0.2, -0.15) is 0 Å². The van der Waals surface area contributed by atoms with E-state index in [0.29, 0.717) is 18.0 Å². The van der Waals surface area contributed by atoms with Gasteiger partial charge in [-0.25, -0.2) is 0 Å². The van der Waals surface area contributed by atoms with Crippen LogP contribution >= 0.6 is 0 Å². The highest BCUT2D eigenvalue weighted by molar-refractivity contribution is 5.98. The Labute approximate surface area is 162 Å². The van der Waals surface area contributed by atoms with Crippen LogP contribution in [0.4, 0.5) is 5.69 Å². The lowest BCUT2D eigenvalue weighted by Crippen LogP contribution is -2.44. The van der Waals surface area contributed by atoms with Gasteiger partial charge in [0, 0.05) is 26.1 Å². The number of hydrogen-bond donors (Lipinski definition) is 1. The lowest BCUT2D eigenvalue weighted by Gasteiger charge is -2.34. The lowest BCUT2D eigenvalue weighted by molar-refractivity contribution is -0.141. The zero-order valence-corrected chi connectivity index (χ0v) is 15.2. The Kier molecular flexibility index (Phi) is 4.73. The SMILES string of the molecule is O=C(O)C1CN(C(=O)CCN2C(=O)COc3ccccc32)Cc2ccccc21. The molecule has 0 saturated carbocycles. The molecule has 2 aliphatic rings. The van der Waals surface area contributed by atoms with Crippen LogP contribution in [0, 0.1) is 0 Å². The van der Waals surface area contributed by atoms with E-state index < -0.39 is 11.9 Å². The largest absolute Gasteiger partial charge is 0.482 e. The zero-order valence-electron chi connectivity index (χ0n) is 15.2. The number of carbonyl (C=O) groups is 3. The molecule has 1 atom stereocenters. The molecule has 144 valence electrons. The van der Waals surface area contributed by atoms with Crippen LogP contribution in [0.25, 0.3) is 0 Å². The molecule has 2 amide bonds. The number of amides is 2. The Morgan fingerprint density at radius 2 is 1.86 bits per heavy atom. The van der Waals surface area contributed by atoms with E-state index in [-0.39, 0.29) is 37.9 Å². The maximum Gasteiger partial charge on any atom is 0.312 e. The molecule has 0 bridgehead atoms. The van der Waals surface area contributed by atoms with E-state index in [1.54, 1.807) is 28.0 Å². The standard InChI is InChI=1S/C21H20N2O5/c24-19(9-10-23-17-7-3-4-8-18(17)28-13-20(23)25)22-11-14-5-1-2-6-15(14)16(12-22)21(26)27/h1-8,16H,9-13H2,(H,26,27). The van der Waals surface area contributed by atoms with Crippen LogP contribution in [-0.4, -0.2) is 47.5 Å². The van der Waals surface area contributed by atoms with E-state index in [9.17, 15) is 19.5 Å². The van der Waals surface area contributed by atoms with Crippen molar-refractivity contribution >= 4 is 23.5 Å². The molecule has 0 saturated heterocycles. The average molecular weight is 380 g/mol. The van der Waals surface area contributed by atoms with Crippen molar-refractivity contribution in [1.29, 1.82) is 0 Å². The number of benzene rings is 2. The minimum absolute atomic E-state index is 0.0522. The summed E-state index contributed by atoms with van der Waals surface area (Å²) in [4.78, 5) is 39.8. The molecular formula is C21H20N2O5. The van der Waals surface area contributed by atoms with Crippen LogP contribution in [0.15, 0.2) is 48.5 Å². The minimum atomic E-state index is -0.942. The van der Waals surface area contributed by atoms with Gasteiger partial charge in [-0.3, -0.25) is 14.4 Å². The number of aliphatic carboxylic acids is 1. The number of hydrogen-bond acceptors (Lipinski definition) is 4. The van der Waals surface area contributed by atoms with Gasteiger partial charge in [0.05, 0.1) is 11.6 Å². The Morgan fingerprint density at radius 3 is 2.68 bits per heavy atom. The van der Waals surface area contributed by atoms with E-state index >= 15 is 0 Å². The molecule has 0 spiro atoms. The number of anilines is 1. The molecule has 0 aliphatic carbocycles. The van der Waals surface area contributed by atoms with Crippen LogP contribution < -0.4 is 9.64 Å². The fourth-order valence-electron chi connectivity index (χ4n) is 3.77. The summed E-state index contributed by atoms with van der Waals surface area (Å²) < 4.78 is 5.42. The maximum atomic E-state index is 12.8. The van der Waals surface area contributed by atoms with Gasteiger partial charge in [-0.05, 0) is 23.3 Å². The quantitative estimate of drug-likeness (QED) is 0.877. The van der Waals surface area contributed by atoms with Crippen LogP contribution in [0.5, 0.6) is 5.75 Å². The minimum Gasteiger partial charge on any atom is -0.482 e. The lowest BCUT2D eigenvalue weighted by atomic mass is 9.89. The van der Waals surface area contributed by atoms with Crippen LogP contribution in [0.2, 0.25) is 0 Å². The first kappa shape index (κ1) is 18.0. The van der Waals surface area contributed by atoms with E-state index in [2.05, 4.69) is 0 Å². The summed E-state index contributed by atoms with van der Waals surface area (Å²) in [5.74, 6) is -1.43. The van der Waals surface area contributed by atoms with Crippen molar-refractivity contribution in [2.75, 3.05) is 24.6 Å². The van der Waals surface area contributed by atoms with Gasteiger partial charge in [-0.15, -0.1) is 0 Å². The summed E-state index contributed by atoms with van der Waals surface area (Å²) in [5, 5.41) is 9.56. The molecule has 7 nitrogen and oxygen atoms in total. The van der Waals surface area contributed by atoms with Gasteiger partial charge in [0.15, 0.2) is 6.61 Å². The third-order valence-corrected chi connectivity index (χ3v) is 5.20. The smallest absolute Gasteiger partial charge is 0.312 e. The second kappa shape index (κ2) is 7.34. The summed E-state index contributed by atoms with van der Waals surface area (Å²) in [6.45, 7) is 0.697. The molecule has 28 heavy (non-hydrogen) atoms. The zero-order chi connectivity index (χ0) is 19.7. The number of carboxylic acids is 1. The molecule has 0 aromatic heterocycles. The highest BCUT2D eigenvalue weighted by atomic mass is 16.5. The molecule has 1 N–H and O–H groups in total. The van der Waals surface area contributed by atoms with Crippen molar-refractivity contribution in [2.45, 2.75) is 18.9 Å². The number of fused-ring (bicyclic) bond motifs is 2. The highest BCUT2D eigenvalue weighted by Crippen LogP contribution is 2.32. The van der Waals surface area contributed by atoms with Crippen molar-refractivity contribution in [3.63, 3.8) is 0 Å². The van der Waals surface area contributed by atoms with Gasteiger partial charge >= 0.3 is 5.97 Å². The molecule has 2 aliphatic heterocycles. The van der Waals surface area contributed by atoms with E-state index in [1.807, 2.05) is 30.3 Å². The Balaban J connectivity index is 1.48. The average Bonchev–Trinajstić information content (AvgIpc) is 2.71. The Hall–Kier alpha value is -3.35. The summed E-state index contributed by atoms with van der Waals surface area (Å²) >= 11 is 0. The summed E-state index contributed by atoms with van der Waals surface area (Å²) in [7, 11) is 0. The number of carboxylic acid groups (broad SMARTS) is 1. The number of nitrogens with zero attached hydrogens (tertiary/aromatic N) is 2. The second-order valence-corrected chi connectivity index (χ2v) is 6.92. The van der Waals surface area contributed by atoms with Gasteiger partial charge < -0.3 is 19.6 Å². The molecule has 0 fully saturated rings. The number of rotatable bonds is 4. The first-order valence-corrected chi connectivity index (χ1v) is 9.15. The third-order valence-electron chi connectivity index (χ3n) is 5.20. The van der Waals surface area contributed by atoms with Crippen molar-refractivity contribution in [3.05, 3.63) is 59.7 Å². The molecule has 4 rings (SSSR count). The maximum absolute atomic E-state index is 12.8. The molecule has 0 radical (unpaired) electrons. The van der Waals surface area contributed by atoms with Gasteiger partial charge in [0.25, 0.3) is 5.91 Å². The number of carbonyl (C=O) groups excluding carboxylic acids is 2. The van der Waals surface area contributed by atoms with Crippen LogP contribution in [0.3, 0.4) is 0 Å². The van der Waals surface area contributed by atoms with E-state index in [1.165, 1.54) is 0 Å². The summed E-state index contributed by atoms with van der Waals surface area (Å²) in [6, 6.07) is 14.5. The third kappa shape index (κ3) is 3.31. The predicted octanol–water partition coefficient (Wildman–Crippen LogP) is 2.01. The number of ether oxygens (including phenoxy) is 1. The predicted molar refractivity (Wildman–Crippen MR) is 101 cm³/mol. The fourth-order valence-corrected chi connectivity index (χ4v) is 3.77. The van der Waals surface area contributed by atoms with Crippen LogP contribution in [-0.2, 0) is 20.9 Å². The first-order chi connectivity index (χ1) is 13.5. The molecule has 2 aromatic carbocycles. The molecule has 7 heteroatoms. The van der Waals surface area contributed by atoms with E-state index in [4.69, 9.17) is 4.74 Å². The summed E-state index contributed by atoms with van der Waals surface area (Å²) in [5.41, 5.74) is 2.26. The van der Waals surface area contributed by atoms with Crippen LogP contribution in [0.1, 0.15) is 23.5 Å². The monoisotopic (exact) mass is 380 g/mol. The molecular weight excluding hydrogens is 360 g/mol.